The second-order valence-electron chi connectivity index (χ2n) is 9.52. The zero-order valence-corrected chi connectivity index (χ0v) is 25.0. The first-order valence-corrected chi connectivity index (χ1v) is 14.5. The normalized spacial score (nSPS) is 15.3. The van der Waals surface area contributed by atoms with Gasteiger partial charge in [0.2, 0.25) is 0 Å². The maximum atomic E-state index is 13.9. The van der Waals surface area contributed by atoms with Gasteiger partial charge in [-0.2, -0.15) is 0 Å². The van der Waals surface area contributed by atoms with E-state index in [9.17, 15) is 14.4 Å². The number of rotatable bonds is 8. The highest BCUT2D eigenvalue weighted by Crippen LogP contribution is 2.33. The molecule has 1 aliphatic heterocycles. The van der Waals surface area contributed by atoms with Gasteiger partial charge in [-0.15, -0.1) is 0 Å². The van der Waals surface area contributed by atoms with Crippen LogP contribution in [-0.2, 0) is 14.3 Å². The highest BCUT2D eigenvalue weighted by atomic mass is 79.9. The van der Waals surface area contributed by atoms with Gasteiger partial charge in [-0.05, 0) is 70.1 Å². The predicted octanol–water partition coefficient (Wildman–Crippen LogP) is 5.39. The lowest BCUT2D eigenvalue weighted by Gasteiger charge is -2.26. The number of allylic oxidation sites excluding steroid dienone is 1. The number of nitrogens with zero attached hydrogens (tertiary/aromatic N) is 2. The van der Waals surface area contributed by atoms with Crippen LogP contribution in [0, 0.1) is 0 Å². The van der Waals surface area contributed by atoms with Crippen molar-refractivity contribution >= 4 is 45.3 Å². The lowest BCUT2D eigenvalue weighted by Crippen LogP contribution is -2.40. The molecule has 204 valence electrons. The molecule has 1 aromatic heterocycles. The summed E-state index contributed by atoms with van der Waals surface area (Å²) in [6.45, 7) is 9.61. The Hall–Kier alpha value is -3.30. The van der Waals surface area contributed by atoms with E-state index in [0.717, 1.165) is 17.5 Å². The first-order chi connectivity index (χ1) is 18.6. The molecular formula is C30H31BrN2O5S. The zero-order chi connectivity index (χ0) is 28.3. The Morgan fingerprint density at radius 1 is 1.15 bits per heavy atom. The van der Waals surface area contributed by atoms with Crippen LogP contribution in [0.3, 0.4) is 0 Å². The van der Waals surface area contributed by atoms with Crippen molar-refractivity contribution < 1.29 is 19.1 Å². The van der Waals surface area contributed by atoms with E-state index >= 15 is 0 Å². The lowest BCUT2D eigenvalue weighted by molar-refractivity contribution is -0.139. The molecule has 0 bridgehead atoms. The molecular weight excluding hydrogens is 580 g/mol. The van der Waals surface area contributed by atoms with E-state index in [1.165, 1.54) is 23.8 Å². The van der Waals surface area contributed by atoms with E-state index in [2.05, 4.69) is 29.8 Å². The van der Waals surface area contributed by atoms with Crippen molar-refractivity contribution in [3.63, 3.8) is 0 Å². The highest BCUT2D eigenvalue weighted by Gasteiger charge is 2.34. The van der Waals surface area contributed by atoms with Gasteiger partial charge in [-0.3, -0.25) is 14.2 Å². The molecule has 0 unspecified atom stereocenters. The molecule has 0 fully saturated rings. The third-order valence-corrected chi connectivity index (χ3v) is 7.92. The summed E-state index contributed by atoms with van der Waals surface area (Å²) in [6, 6.07) is 12.6. The number of aromatic nitrogens is 1. The number of carbonyl (C=O) groups is 2. The number of ether oxygens (including phenoxy) is 2. The Morgan fingerprint density at radius 2 is 1.87 bits per heavy atom. The summed E-state index contributed by atoms with van der Waals surface area (Å²) in [5, 5.41) is 0. The molecule has 0 radical (unpaired) electrons. The first-order valence-electron chi connectivity index (χ1n) is 12.9. The molecule has 0 saturated carbocycles. The fourth-order valence-corrected chi connectivity index (χ4v) is 5.99. The summed E-state index contributed by atoms with van der Waals surface area (Å²) in [5.41, 5.74) is 3.56. The van der Waals surface area contributed by atoms with Crippen LogP contribution >= 0.6 is 27.3 Å². The number of fused-ring (bicyclic) bond motifs is 1. The molecule has 0 aliphatic carbocycles. The molecule has 0 N–H and O–H groups in total. The highest BCUT2D eigenvalue weighted by molar-refractivity contribution is 9.10. The summed E-state index contributed by atoms with van der Waals surface area (Å²) in [4.78, 5) is 43.9. The molecule has 0 saturated heterocycles. The standard InChI is InChI=1S/C30H31BrN2O5S/c1-6-8-23-26(29(36)37-7-2)27(21-12-10-20(11-13-21)17(3)4)33-28(35)25(39-30(33)32-23)16-19-9-14-24(22(31)15-19)38-18(5)34/h9-17,27H,6-8H2,1-5H3/b25-16-/t27-/m1/s1. The zero-order valence-electron chi connectivity index (χ0n) is 22.6. The van der Waals surface area contributed by atoms with Gasteiger partial charge in [0.15, 0.2) is 4.80 Å². The van der Waals surface area contributed by atoms with Gasteiger partial charge in [0.25, 0.3) is 5.56 Å². The Labute approximate surface area is 239 Å². The maximum absolute atomic E-state index is 13.9. The van der Waals surface area contributed by atoms with E-state index in [0.29, 0.717) is 43.2 Å². The van der Waals surface area contributed by atoms with Crippen LogP contribution < -0.4 is 19.6 Å². The topological polar surface area (TPSA) is 87.0 Å². The van der Waals surface area contributed by atoms with Crippen molar-refractivity contribution in [1.29, 1.82) is 0 Å². The summed E-state index contributed by atoms with van der Waals surface area (Å²) in [7, 11) is 0. The number of hydrogen-bond acceptors (Lipinski definition) is 7. The van der Waals surface area contributed by atoms with Gasteiger partial charge in [0, 0.05) is 6.92 Å². The minimum Gasteiger partial charge on any atom is -0.463 e. The first kappa shape index (κ1) is 28.7. The SMILES string of the molecule is CCCC1=C(C(=O)OCC)[C@@H](c2ccc(C(C)C)cc2)n2c(s/c(=C\c3ccc(OC(C)=O)c(Br)c3)c2=O)=N1. The summed E-state index contributed by atoms with van der Waals surface area (Å²) in [6.07, 6.45) is 3.15. The lowest BCUT2D eigenvalue weighted by atomic mass is 9.92. The van der Waals surface area contributed by atoms with E-state index in [4.69, 9.17) is 14.5 Å². The van der Waals surface area contributed by atoms with Crippen LogP contribution in [0.15, 0.2) is 68.0 Å². The molecule has 3 aromatic rings. The van der Waals surface area contributed by atoms with Crippen LogP contribution in [0.1, 0.15) is 76.1 Å². The number of esters is 2. The van der Waals surface area contributed by atoms with E-state index in [1.54, 1.807) is 35.8 Å². The Bertz CT molecular complexity index is 1620. The third kappa shape index (κ3) is 6.15. The van der Waals surface area contributed by atoms with Crippen LogP contribution in [0.25, 0.3) is 6.08 Å². The van der Waals surface area contributed by atoms with Crippen molar-refractivity contribution in [2.24, 2.45) is 4.99 Å². The average Bonchev–Trinajstić information content (AvgIpc) is 3.19. The molecule has 9 heteroatoms. The molecule has 1 atom stereocenters. The monoisotopic (exact) mass is 610 g/mol. The second-order valence-corrected chi connectivity index (χ2v) is 11.4. The third-order valence-electron chi connectivity index (χ3n) is 6.32. The van der Waals surface area contributed by atoms with E-state index < -0.39 is 18.0 Å². The number of benzene rings is 2. The summed E-state index contributed by atoms with van der Waals surface area (Å²) < 4.78 is 13.3. The quantitative estimate of drug-likeness (QED) is 0.252. The van der Waals surface area contributed by atoms with Crippen LogP contribution in [-0.4, -0.2) is 23.1 Å². The molecule has 2 heterocycles. The molecule has 2 aromatic carbocycles. The smallest absolute Gasteiger partial charge is 0.338 e. The maximum Gasteiger partial charge on any atom is 0.338 e. The Balaban J connectivity index is 1.92. The molecule has 0 amide bonds. The molecule has 4 rings (SSSR count). The number of halogens is 1. The van der Waals surface area contributed by atoms with Gasteiger partial charge < -0.3 is 9.47 Å². The fraction of sp³-hybridized carbons (Fsp3) is 0.333. The van der Waals surface area contributed by atoms with Crippen LogP contribution in [0.4, 0.5) is 0 Å². The van der Waals surface area contributed by atoms with Gasteiger partial charge >= 0.3 is 11.9 Å². The van der Waals surface area contributed by atoms with Crippen LogP contribution in [0.2, 0.25) is 0 Å². The number of carbonyl (C=O) groups excluding carboxylic acids is 2. The molecule has 7 nitrogen and oxygen atoms in total. The number of hydrogen-bond donors (Lipinski definition) is 0. The summed E-state index contributed by atoms with van der Waals surface area (Å²) in [5.74, 6) is -0.127. The largest absolute Gasteiger partial charge is 0.463 e. The van der Waals surface area contributed by atoms with Gasteiger partial charge in [-0.25, -0.2) is 9.79 Å². The summed E-state index contributed by atoms with van der Waals surface area (Å²) >= 11 is 4.71. The van der Waals surface area contributed by atoms with Crippen molar-refractivity contribution in [2.75, 3.05) is 6.61 Å². The fourth-order valence-electron chi connectivity index (χ4n) is 4.50. The van der Waals surface area contributed by atoms with Crippen molar-refractivity contribution in [1.82, 2.24) is 4.57 Å². The predicted molar refractivity (Wildman–Crippen MR) is 156 cm³/mol. The van der Waals surface area contributed by atoms with Crippen molar-refractivity contribution in [3.8, 4) is 5.75 Å². The van der Waals surface area contributed by atoms with Gasteiger partial charge in [0.1, 0.15) is 5.75 Å². The van der Waals surface area contributed by atoms with Crippen molar-refractivity contribution in [2.45, 2.75) is 59.4 Å². The van der Waals surface area contributed by atoms with Crippen molar-refractivity contribution in [3.05, 3.63) is 94.6 Å². The van der Waals surface area contributed by atoms with Crippen LogP contribution in [0.5, 0.6) is 5.75 Å². The second kappa shape index (κ2) is 12.3. The Morgan fingerprint density at radius 3 is 2.46 bits per heavy atom. The molecule has 0 spiro atoms. The van der Waals surface area contributed by atoms with E-state index in [1.807, 2.05) is 31.2 Å². The van der Waals surface area contributed by atoms with E-state index in [-0.39, 0.29) is 12.2 Å². The average molecular weight is 612 g/mol. The van der Waals surface area contributed by atoms with Gasteiger partial charge in [0.05, 0.1) is 32.9 Å². The minimum absolute atomic E-state index is 0.226. The number of thiazole rings is 1. The minimum atomic E-state index is -0.650. The molecule has 39 heavy (non-hydrogen) atoms. The van der Waals surface area contributed by atoms with Gasteiger partial charge in [-0.1, -0.05) is 68.9 Å². The Kier molecular flexibility index (Phi) is 9.02. The molecule has 1 aliphatic rings.